The molecule has 0 aliphatic carbocycles. The van der Waals surface area contributed by atoms with E-state index in [0.29, 0.717) is 18.0 Å². The smallest absolute Gasteiger partial charge is 0.252 e. The van der Waals surface area contributed by atoms with Crippen molar-refractivity contribution in [2.75, 3.05) is 0 Å². The van der Waals surface area contributed by atoms with Crippen LogP contribution in [0.5, 0.6) is 5.88 Å². The maximum Gasteiger partial charge on any atom is 0.252 e. The summed E-state index contributed by atoms with van der Waals surface area (Å²) in [7, 11) is 0. The fraction of sp³-hybridized carbons (Fsp3) is 0.286. The first-order valence-electron chi connectivity index (χ1n) is 6.07. The summed E-state index contributed by atoms with van der Waals surface area (Å²) in [6, 6.07) is 5.52. The van der Waals surface area contributed by atoms with Crippen LogP contribution in [0.25, 0.3) is 0 Å². The van der Waals surface area contributed by atoms with Crippen molar-refractivity contribution < 1.29 is 9.53 Å². The molecule has 1 amide bonds. The number of amides is 1. The summed E-state index contributed by atoms with van der Waals surface area (Å²) < 4.78 is 5.46. The Bertz CT molecular complexity index is 521. The van der Waals surface area contributed by atoms with Gasteiger partial charge in [0.05, 0.1) is 6.10 Å². The summed E-state index contributed by atoms with van der Waals surface area (Å²) in [5, 5.41) is 6.56. The van der Waals surface area contributed by atoms with E-state index in [1.54, 1.807) is 12.3 Å². The van der Waals surface area contributed by atoms with Gasteiger partial charge in [0.2, 0.25) is 5.88 Å². The number of nitrogens with one attached hydrogen (secondary N) is 1. The van der Waals surface area contributed by atoms with Crippen molar-refractivity contribution in [2.24, 2.45) is 0 Å². The van der Waals surface area contributed by atoms with Gasteiger partial charge in [-0.25, -0.2) is 4.98 Å². The van der Waals surface area contributed by atoms with E-state index in [-0.39, 0.29) is 12.0 Å². The van der Waals surface area contributed by atoms with Crippen LogP contribution < -0.4 is 10.1 Å². The van der Waals surface area contributed by atoms with E-state index in [1.807, 2.05) is 36.7 Å². The molecule has 19 heavy (non-hydrogen) atoms. The zero-order chi connectivity index (χ0) is 13.7. The molecule has 0 bridgehead atoms. The third kappa shape index (κ3) is 4.06. The van der Waals surface area contributed by atoms with Crippen LogP contribution in [0.15, 0.2) is 35.2 Å². The van der Waals surface area contributed by atoms with Crippen LogP contribution in [0.2, 0.25) is 0 Å². The third-order valence-electron chi connectivity index (χ3n) is 2.39. The minimum atomic E-state index is -0.0660. The number of ether oxygens (including phenoxy) is 1. The number of carbonyl (C=O) groups excluding carboxylic acids is 1. The Morgan fingerprint density at radius 2 is 2.26 bits per heavy atom. The summed E-state index contributed by atoms with van der Waals surface area (Å²) in [6.45, 7) is 4.37. The van der Waals surface area contributed by atoms with Gasteiger partial charge in [0.1, 0.15) is 0 Å². The fourth-order valence-electron chi connectivity index (χ4n) is 1.50. The van der Waals surface area contributed by atoms with Crippen molar-refractivity contribution in [3.05, 3.63) is 46.3 Å². The van der Waals surface area contributed by atoms with Gasteiger partial charge in [-0.15, -0.1) is 0 Å². The predicted octanol–water partition coefficient (Wildman–Crippen LogP) is 2.86. The standard InChI is InChI=1S/C14H16N2O2S/c1-10(2)18-13-4-3-11(7-15-13)8-16-14(17)12-5-6-19-9-12/h3-7,9-10H,8H2,1-2H3,(H,16,17). The number of nitrogens with zero attached hydrogens (tertiary/aromatic N) is 1. The summed E-state index contributed by atoms with van der Waals surface area (Å²) in [6.07, 6.45) is 1.82. The summed E-state index contributed by atoms with van der Waals surface area (Å²) in [5.74, 6) is 0.534. The number of rotatable bonds is 5. The van der Waals surface area contributed by atoms with Crippen molar-refractivity contribution >= 4 is 17.2 Å². The highest BCUT2D eigenvalue weighted by Crippen LogP contribution is 2.10. The van der Waals surface area contributed by atoms with Crippen molar-refractivity contribution in [3.8, 4) is 5.88 Å². The SMILES string of the molecule is CC(C)Oc1ccc(CNC(=O)c2ccsc2)cn1. The van der Waals surface area contributed by atoms with Gasteiger partial charge in [0.25, 0.3) is 5.91 Å². The Balaban J connectivity index is 1.88. The number of thiophene rings is 1. The second-order valence-electron chi connectivity index (χ2n) is 4.37. The summed E-state index contributed by atoms with van der Waals surface area (Å²) >= 11 is 1.51. The van der Waals surface area contributed by atoms with Gasteiger partial charge in [-0.3, -0.25) is 4.79 Å². The molecule has 0 saturated heterocycles. The Kier molecular flexibility index (Phi) is 4.52. The minimum Gasteiger partial charge on any atom is -0.475 e. The Labute approximate surface area is 116 Å². The lowest BCUT2D eigenvalue weighted by atomic mass is 10.2. The number of hydrogen-bond donors (Lipinski definition) is 1. The van der Waals surface area contributed by atoms with E-state index in [1.165, 1.54) is 11.3 Å². The molecule has 2 heterocycles. The van der Waals surface area contributed by atoms with Crippen LogP contribution in [0.1, 0.15) is 29.8 Å². The predicted molar refractivity (Wildman–Crippen MR) is 75.5 cm³/mol. The van der Waals surface area contributed by atoms with E-state index in [2.05, 4.69) is 10.3 Å². The Morgan fingerprint density at radius 3 is 2.84 bits per heavy atom. The normalized spacial score (nSPS) is 10.5. The van der Waals surface area contributed by atoms with Gasteiger partial charge in [0.15, 0.2) is 0 Å². The molecule has 0 saturated carbocycles. The molecule has 1 N–H and O–H groups in total. The molecule has 2 aromatic rings. The molecule has 2 rings (SSSR count). The zero-order valence-electron chi connectivity index (χ0n) is 10.9. The van der Waals surface area contributed by atoms with Crippen molar-refractivity contribution in [2.45, 2.75) is 26.5 Å². The van der Waals surface area contributed by atoms with Crippen molar-refractivity contribution in [3.63, 3.8) is 0 Å². The van der Waals surface area contributed by atoms with Crippen LogP contribution in [0, 0.1) is 0 Å². The lowest BCUT2D eigenvalue weighted by Crippen LogP contribution is -2.22. The highest BCUT2D eigenvalue weighted by atomic mass is 32.1. The van der Waals surface area contributed by atoms with E-state index >= 15 is 0 Å². The van der Waals surface area contributed by atoms with Gasteiger partial charge in [-0.1, -0.05) is 6.07 Å². The molecule has 4 nitrogen and oxygen atoms in total. The molecule has 0 atom stereocenters. The first kappa shape index (κ1) is 13.5. The quantitative estimate of drug-likeness (QED) is 0.913. The monoisotopic (exact) mass is 276 g/mol. The average Bonchev–Trinajstić information content (AvgIpc) is 2.91. The van der Waals surface area contributed by atoms with Crippen LogP contribution >= 0.6 is 11.3 Å². The largest absolute Gasteiger partial charge is 0.475 e. The number of carbonyl (C=O) groups is 1. The topological polar surface area (TPSA) is 51.2 Å². The lowest BCUT2D eigenvalue weighted by Gasteiger charge is -2.09. The van der Waals surface area contributed by atoms with Gasteiger partial charge < -0.3 is 10.1 Å². The third-order valence-corrected chi connectivity index (χ3v) is 3.07. The van der Waals surface area contributed by atoms with Gasteiger partial charge >= 0.3 is 0 Å². The molecule has 0 fully saturated rings. The highest BCUT2D eigenvalue weighted by Gasteiger charge is 2.05. The van der Waals surface area contributed by atoms with Crippen LogP contribution in [0.3, 0.4) is 0 Å². The first-order chi connectivity index (χ1) is 9.15. The Hall–Kier alpha value is -1.88. The number of hydrogen-bond acceptors (Lipinski definition) is 4. The minimum absolute atomic E-state index is 0.0660. The molecular weight excluding hydrogens is 260 g/mol. The van der Waals surface area contributed by atoms with Gasteiger partial charge in [-0.2, -0.15) is 11.3 Å². The first-order valence-corrected chi connectivity index (χ1v) is 7.01. The molecule has 2 aromatic heterocycles. The molecule has 0 aliphatic rings. The molecule has 0 aromatic carbocycles. The number of aromatic nitrogens is 1. The molecule has 5 heteroatoms. The molecule has 0 spiro atoms. The summed E-state index contributed by atoms with van der Waals surface area (Å²) in [5.41, 5.74) is 1.64. The van der Waals surface area contributed by atoms with Gasteiger partial charge in [0, 0.05) is 29.8 Å². The van der Waals surface area contributed by atoms with Crippen LogP contribution in [0.4, 0.5) is 0 Å². The second kappa shape index (κ2) is 6.33. The number of pyridine rings is 1. The average molecular weight is 276 g/mol. The molecular formula is C14H16N2O2S. The van der Waals surface area contributed by atoms with Gasteiger partial charge in [-0.05, 0) is 30.9 Å². The maximum atomic E-state index is 11.7. The second-order valence-corrected chi connectivity index (χ2v) is 5.15. The lowest BCUT2D eigenvalue weighted by molar-refractivity contribution is 0.0951. The molecule has 0 radical (unpaired) electrons. The fourth-order valence-corrected chi connectivity index (χ4v) is 2.14. The molecule has 0 unspecified atom stereocenters. The van der Waals surface area contributed by atoms with E-state index in [4.69, 9.17) is 4.74 Å². The van der Waals surface area contributed by atoms with Crippen molar-refractivity contribution in [1.82, 2.24) is 10.3 Å². The maximum absolute atomic E-state index is 11.7. The Morgan fingerprint density at radius 1 is 1.42 bits per heavy atom. The van der Waals surface area contributed by atoms with Crippen molar-refractivity contribution in [1.29, 1.82) is 0 Å². The zero-order valence-corrected chi connectivity index (χ0v) is 11.7. The van der Waals surface area contributed by atoms with Crippen LogP contribution in [-0.4, -0.2) is 17.0 Å². The van der Waals surface area contributed by atoms with E-state index in [9.17, 15) is 4.79 Å². The van der Waals surface area contributed by atoms with E-state index < -0.39 is 0 Å². The summed E-state index contributed by atoms with van der Waals surface area (Å²) in [4.78, 5) is 15.9. The molecule has 0 aliphatic heterocycles. The molecule has 100 valence electrons. The highest BCUT2D eigenvalue weighted by molar-refractivity contribution is 7.08. The van der Waals surface area contributed by atoms with E-state index in [0.717, 1.165) is 5.56 Å². The van der Waals surface area contributed by atoms with Crippen LogP contribution in [-0.2, 0) is 6.54 Å².